The van der Waals surface area contributed by atoms with Gasteiger partial charge in [-0.3, -0.25) is 9.59 Å². The van der Waals surface area contributed by atoms with E-state index >= 15 is 0 Å². The number of nitrogens with one attached hydrogen (secondary N) is 1. The first kappa shape index (κ1) is 11.9. The first-order valence-electron chi connectivity index (χ1n) is 5.06. The SMILES string of the molecule is NCC(=O)NCC(=O)N1CCCC1CO. The monoisotopic (exact) mass is 215 g/mol. The minimum absolute atomic E-state index is 0.0173. The molecule has 0 aromatic rings. The molecule has 1 aliphatic heterocycles. The van der Waals surface area contributed by atoms with Crippen molar-refractivity contribution in [1.29, 1.82) is 0 Å². The number of carbonyl (C=O) groups is 2. The van der Waals surface area contributed by atoms with Crippen LogP contribution in [0.25, 0.3) is 0 Å². The van der Waals surface area contributed by atoms with Crippen molar-refractivity contribution in [2.24, 2.45) is 5.73 Å². The zero-order chi connectivity index (χ0) is 11.3. The molecule has 1 rings (SSSR count). The van der Waals surface area contributed by atoms with E-state index in [-0.39, 0.29) is 37.6 Å². The number of aliphatic hydroxyl groups excluding tert-OH is 1. The number of hydrogen-bond acceptors (Lipinski definition) is 4. The van der Waals surface area contributed by atoms with Crippen LogP contribution in [0.5, 0.6) is 0 Å². The number of nitrogens with two attached hydrogens (primary N) is 1. The van der Waals surface area contributed by atoms with Gasteiger partial charge in [0.15, 0.2) is 0 Å². The van der Waals surface area contributed by atoms with Crippen LogP contribution in [0.3, 0.4) is 0 Å². The average molecular weight is 215 g/mol. The van der Waals surface area contributed by atoms with E-state index in [9.17, 15) is 9.59 Å². The third kappa shape index (κ3) is 3.17. The van der Waals surface area contributed by atoms with E-state index in [0.717, 1.165) is 12.8 Å². The summed E-state index contributed by atoms with van der Waals surface area (Å²) in [6, 6.07) is -0.0905. The normalized spacial score (nSPS) is 20.4. The molecule has 1 unspecified atom stereocenters. The van der Waals surface area contributed by atoms with Gasteiger partial charge in [0.1, 0.15) is 0 Å². The topological polar surface area (TPSA) is 95.7 Å². The second-order valence-electron chi connectivity index (χ2n) is 3.55. The van der Waals surface area contributed by atoms with E-state index < -0.39 is 0 Å². The molecule has 6 nitrogen and oxygen atoms in total. The van der Waals surface area contributed by atoms with Crippen LogP contribution in [0, 0.1) is 0 Å². The van der Waals surface area contributed by atoms with E-state index in [1.165, 1.54) is 0 Å². The Bertz CT molecular complexity index is 245. The van der Waals surface area contributed by atoms with Crippen molar-refractivity contribution in [2.45, 2.75) is 18.9 Å². The third-order valence-corrected chi connectivity index (χ3v) is 2.53. The van der Waals surface area contributed by atoms with Crippen molar-refractivity contribution in [3.63, 3.8) is 0 Å². The lowest BCUT2D eigenvalue weighted by Crippen LogP contribution is -2.44. The van der Waals surface area contributed by atoms with Gasteiger partial charge in [0.25, 0.3) is 0 Å². The molecule has 0 bridgehead atoms. The van der Waals surface area contributed by atoms with Gasteiger partial charge >= 0.3 is 0 Å². The first-order chi connectivity index (χ1) is 7.19. The standard InChI is InChI=1S/C9H17N3O3/c10-4-8(14)11-5-9(15)12-3-1-2-7(12)6-13/h7,13H,1-6,10H2,(H,11,14). The van der Waals surface area contributed by atoms with Gasteiger partial charge in [0.05, 0.1) is 25.7 Å². The maximum atomic E-state index is 11.6. The number of likely N-dealkylation sites (tertiary alicyclic amines) is 1. The van der Waals surface area contributed by atoms with Crippen molar-refractivity contribution in [1.82, 2.24) is 10.2 Å². The summed E-state index contributed by atoms with van der Waals surface area (Å²) in [6.45, 7) is 0.488. The fourth-order valence-corrected chi connectivity index (χ4v) is 1.70. The Labute approximate surface area is 88.4 Å². The lowest BCUT2D eigenvalue weighted by atomic mass is 10.2. The maximum Gasteiger partial charge on any atom is 0.242 e. The highest BCUT2D eigenvalue weighted by atomic mass is 16.3. The Kier molecular flexibility index (Phi) is 4.51. The molecule has 6 heteroatoms. The van der Waals surface area contributed by atoms with Crippen LogP contribution in [0.4, 0.5) is 0 Å². The number of carbonyl (C=O) groups excluding carboxylic acids is 2. The number of aliphatic hydroxyl groups is 1. The molecule has 1 atom stereocenters. The maximum absolute atomic E-state index is 11.6. The summed E-state index contributed by atoms with van der Waals surface area (Å²) in [5.74, 6) is -0.503. The molecule has 2 amide bonds. The third-order valence-electron chi connectivity index (χ3n) is 2.53. The quantitative estimate of drug-likeness (QED) is 0.507. The molecular formula is C9H17N3O3. The van der Waals surface area contributed by atoms with Crippen LogP contribution >= 0.6 is 0 Å². The van der Waals surface area contributed by atoms with Crippen LogP contribution < -0.4 is 11.1 Å². The van der Waals surface area contributed by atoms with E-state index in [4.69, 9.17) is 10.8 Å². The fraction of sp³-hybridized carbons (Fsp3) is 0.778. The van der Waals surface area contributed by atoms with Gasteiger partial charge in [0, 0.05) is 6.54 Å². The highest BCUT2D eigenvalue weighted by Crippen LogP contribution is 2.16. The molecule has 1 aliphatic rings. The summed E-state index contributed by atoms with van der Waals surface area (Å²) >= 11 is 0. The smallest absolute Gasteiger partial charge is 0.242 e. The predicted molar refractivity (Wildman–Crippen MR) is 53.9 cm³/mol. The van der Waals surface area contributed by atoms with Crippen LogP contribution in [-0.2, 0) is 9.59 Å². The molecule has 0 radical (unpaired) electrons. The van der Waals surface area contributed by atoms with E-state index in [1.54, 1.807) is 4.90 Å². The molecule has 1 fully saturated rings. The second kappa shape index (κ2) is 5.67. The van der Waals surface area contributed by atoms with Gasteiger partial charge in [-0.05, 0) is 12.8 Å². The van der Waals surface area contributed by atoms with Gasteiger partial charge in [-0.15, -0.1) is 0 Å². The minimum atomic E-state index is -0.344. The van der Waals surface area contributed by atoms with Gasteiger partial charge in [-0.1, -0.05) is 0 Å². The van der Waals surface area contributed by atoms with Crippen molar-refractivity contribution in [3.8, 4) is 0 Å². The highest BCUT2D eigenvalue weighted by molar-refractivity contribution is 5.85. The van der Waals surface area contributed by atoms with E-state index in [1.807, 2.05) is 0 Å². The molecule has 1 saturated heterocycles. The van der Waals surface area contributed by atoms with Crippen molar-refractivity contribution >= 4 is 11.8 Å². The Morgan fingerprint density at radius 2 is 2.27 bits per heavy atom. The molecule has 1 heterocycles. The lowest BCUT2D eigenvalue weighted by molar-refractivity contribution is -0.133. The van der Waals surface area contributed by atoms with Crippen molar-refractivity contribution < 1.29 is 14.7 Å². The molecule has 0 aromatic heterocycles. The molecule has 86 valence electrons. The summed E-state index contributed by atoms with van der Waals surface area (Å²) in [6.07, 6.45) is 1.73. The lowest BCUT2D eigenvalue weighted by Gasteiger charge is -2.22. The second-order valence-corrected chi connectivity index (χ2v) is 3.55. The molecule has 15 heavy (non-hydrogen) atoms. The number of nitrogens with zero attached hydrogens (tertiary/aromatic N) is 1. The summed E-state index contributed by atoms with van der Waals surface area (Å²) in [5.41, 5.74) is 5.09. The summed E-state index contributed by atoms with van der Waals surface area (Å²) < 4.78 is 0. The van der Waals surface area contributed by atoms with Crippen LogP contribution in [0.2, 0.25) is 0 Å². The summed E-state index contributed by atoms with van der Waals surface area (Å²) in [5, 5.41) is 11.4. The molecule has 0 saturated carbocycles. The fourth-order valence-electron chi connectivity index (χ4n) is 1.70. The Hall–Kier alpha value is -1.14. The van der Waals surface area contributed by atoms with Crippen LogP contribution in [0.15, 0.2) is 0 Å². The molecule has 4 N–H and O–H groups in total. The summed E-state index contributed by atoms with van der Waals surface area (Å²) in [4.78, 5) is 24.0. The highest BCUT2D eigenvalue weighted by Gasteiger charge is 2.27. The molecule has 0 aromatic carbocycles. The zero-order valence-electron chi connectivity index (χ0n) is 8.61. The van der Waals surface area contributed by atoms with Crippen molar-refractivity contribution in [3.05, 3.63) is 0 Å². The minimum Gasteiger partial charge on any atom is -0.394 e. The van der Waals surface area contributed by atoms with Gasteiger partial charge in [-0.25, -0.2) is 0 Å². The number of amides is 2. The number of hydrogen-bond donors (Lipinski definition) is 3. The van der Waals surface area contributed by atoms with Crippen LogP contribution in [-0.4, -0.2) is 54.1 Å². The van der Waals surface area contributed by atoms with Crippen LogP contribution in [0.1, 0.15) is 12.8 Å². The van der Waals surface area contributed by atoms with Gasteiger partial charge in [0.2, 0.25) is 11.8 Å². The first-order valence-corrected chi connectivity index (χ1v) is 5.06. The van der Waals surface area contributed by atoms with Crippen molar-refractivity contribution in [2.75, 3.05) is 26.2 Å². The summed E-state index contributed by atoms with van der Waals surface area (Å²) in [7, 11) is 0. The largest absolute Gasteiger partial charge is 0.394 e. The van der Waals surface area contributed by atoms with Gasteiger partial charge in [-0.2, -0.15) is 0 Å². The Morgan fingerprint density at radius 1 is 1.53 bits per heavy atom. The average Bonchev–Trinajstić information content (AvgIpc) is 2.73. The van der Waals surface area contributed by atoms with E-state index in [0.29, 0.717) is 6.54 Å². The predicted octanol–water partition coefficient (Wildman–Crippen LogP) is -1.96. The Morgan fingerprint density at radius 3 is 2.87 bits per heavy atom. The molecule has 0 spiro atoms. The molecular weight excluding hydrogens is 198 g/mol. The number of rotatable bonds is 4. The van der Waals surface area contributed by atoms with E-state index in [2.05, 4.69) is 5.32 Å². The van der Waals surface area contributed by atoms with Gasteiger partial charge < -0.3 is 21.1 Å². The molecule has 0 aliphatic carbocycles. The Balaban J connectivity index is 2.36. The zero-order valence-corrected chi connectivity index (χ0v) is 8.61.